The Morgan fingerprint density at radius 3 is 2.60 bits per heavy atom. The molecule has 1 atom stereocenters. The molecule has 2 aromatic heterocycles. The molecule has 1 aliphatic rings. The van der Waals surface area contributed by atoms with Crippen molar-refractivity contribution in [1.29, 1.82) is 0 Å². The van der Waals surface area contributed by atoms with Crippen LogP contribution in [0, 0.1) is 0 Å². The van der Waals surface area contributed by atoms with Gasteiger partial charge in [0.15, 0.2) is 0 Å². The SMILES string of the molecule is O=C1NS(=O)(=O)NC1Cc1nnc(Cc2nc3ccc(-c4ccccc4)cc3s2)o1. The van der Waals surface area contributed by atoms with Crippen molar-refractivity contribution in [2.45, 2.75) is 18.9 Å². The average Bonchev–Trinajstić information content (AvgIpc) is 3.39. The molecule has 0 saturated carbocycles. The van der Waals surface area contributed by atoms with Gasteiger partial charge in [-0.3, -0.25) is 4.79 Å². The standard InChI is InChI=1S/C19H15N5O4S2/c25-19-14(23-30(26,27)24-19)9-16-21-22-17(28-16)10-18-20-13-7-6-12(8-15(13)29-18)11-4-2-1-3-5-11/h1-8,14,23H,9-10H2,(H,24,25). The van der Waals surface area contributed by atoms with Crippen LogP contribution in [0.2, 0.25) is 0 Å². The van der Waals surface area contributed by atoms with Gasteiger partial charge in [-0.15, -0.1) is 21.5 Å². The number of fused-ring (bicyclic) bond motifs is 1. The number of amides is 1. The van der Waals surface area contributed by atoms with E-state index in [1.165, 1.54) is 0 Å². The molecule has 1 unspecified atom stereocenters. The number of carbonyl (C=O) groups excluding carboxylic acids is 1. The van der Waals surface area contributed by atoms with Crippen LogP contribution in [0.25, 0.3) is 21.3 Å². The summed E-state index contributed by atoms with van der Waals surface area (Å²) in [5, 5.41) is 8.73. The second-order valence-corrected chi connectivity index (χ2v) is 9.33. The van der Waals surface area contributed by atoms with Crippen molar-refractivity contribution in [2.75, 3.05) is 0 Å². The van der Waals surface area contributed by atoms with Crippen LogP contribution in [-0.2, 0) is 27.8 Å². The molecule has 0 bridgehead atoms. The van der Waals surface area contributed by atoms with Crippen molar-refractivity contribution in [2.24, 2.45) is 0 Å². The van der Waals surface area contributed by atoms with Gasteiger partial charge in [0.1, 0.15) is 11.0 Å². The fourth-order valence-electron chi connectivity index (χ4n) is 3.21. The summed E-state index contributed by atoms with van der Waals surface area (Å²) in [7, 11) is -3.79. The Hall–Kier alpha value is -3.15. The molecule has 1 amide bonds. The fraction of sp³-hybridized carbons (Fsp3) is 0.158. The topological polar surface area (TPSA) is 127 Å². The van der Waals surface area contributed by atoms with E-state index in [1.807, 2.05) is 35.1 Å². The first-order valence-corrected chi connectivity index (χ1v) is 11.4. The Bertz CT molecular complexity index is 1350. The quantitative estimate of drug-likeness (QED) is 0.483. The van der Waals surface area contributed by atoms with E-state index in [2.05, 4.69) is 38.1 Å². The van der Waals surface area contributed by atoms with E-state index < -0.39 is 22.2 Å². The fourth-order valence-corrected chi connectivity index (χ4v) is 5.24. The molecule has 5 rings (SSSR count). The Morgan fingerprint density at radius 2 is 1.83 bits per heavy atom. The highest BCUT2D eigenvalue weighted by molar-refractivity contribution is 7.88. The smallest absolute Gasteiger partial charge is 0.302 e. The minimum atomic E-state index is -3.79. The molecule has 152 valence electrons. The van der Waals surface area contributed by atoms with Crippen molar-refractivity contribution >= 4 is 37.7 Å². The maximum absolute atomic E-state index is 11.7. The van der Waals surface area contributed by atoms with E-state index in [9.17, 15) is 13.2 Å². The van der Waals surface area contributed by atoms with Gasteiger partial charge in [0, 0.05) is 0 Å². The van der Waals surface area contributed by atoms with Crippen molar-refractivity contribution in [3.05, 3.63) is 65.3 Å². The van der Waals surface area contributed by atoms with Gasteiger partial charge >= 0.3 is 10.2 Å². The minimum absolute atomic E-state index is 0.0155. The third-order valence-electron chi connectivity index (χ3n) is 4.58. The highest BCUT2D eigenvalue weighted by atomic mass is 32.2. The van der Waals surface area contributed by atoms with Crippen molar-refractivity contribution < 1.29 is 17.6 Å². The molecule has 1 fully saturated rings. The summed E-state index contributed by atoms with van der Waals surface area (Å²) in [6.07, 6.45) is 0.341. The predicted molar refractivity (Wildman–Crippen MR) is 110 cm³/mol. The Morgan fingerprint density at radius 1 is 1.03 bits per heavy atom. The van der Waals surface area contributed by atoms with Gasteiger partial charge in [0.05, 0.1) is 23.1 Å². The second kappa shape index (κ2) is 7.27. The van der Waals surface area contributed by atoms with E-state index in [1.54, 1.807) is 11.3 Å². The molecule has 2 N–H and O–H groups in total. The first-order chi connectivity index (χ1) is 14.4. The maximum atomic E-state index is 11.7. The van der Waals surface area contributed by atoms with Crippen LogP contribution < -0.4 is 9.44 Å². The lowest BCUT2D eigenvalue weighted by Crippen LogP contribution is -2.31. The Balaban J connectivity index is 1.32. The van der Waals surface area contributed by atoms with Gasteiger partial charge < -0.3 is 4.42 Å². The first kappa shape index (κ1) is 18.9. The van der Waals surface area contributed by atoms with Crippen molar-refractivity contribution in [3.63, 3.8) is 0 Å². The molecule has 2 aromatic carbocycles. The van der Waals surface area contributed by atoms with Crippen molar-refractivity contribution in [3.8, 4) is 11.1 Å². The summed E-state index contributed by atoms with van der Waals surface area (Å²) in [4.78, 5) is 16.3. The van der Waals surface area contributed by atoms with Crippen LogP contribution in [0.5, 0.6) is 0 Å². The van der Waals surface area contributed by atoms with Gasteiger partial charge in [-0.25, -0.2) is 9.71 Å². The summed E-state index contributed by atoms with van der Waals surface area (Å²) in [5.74, 6) is -0.106. The lowest BCUT2D eigenvalue weighted by molar-refractivity contribution is -0.120. The summed E-state index contributed by atoms with van der Waals surface area (Å²) in [5.41, 5.74) is 3.16. The number of aromatic nitrogens is 3. The molecule has 30 heavy (non-hydrogen) atoms. The lowest BCUT2D eigenvalue weighted by atomic mass is 10.1. The normalized spacial score (nSPS) is 18.0. The largest absolute Gasteiger partial charge is 0.425 e. The first-order valence-electron chi connectivity index (χ1n) is 9.05. The van der Waals surface area contributed by atoms with Gasteiger partial charge in [0.2, 0.25) is 11.8 Å². The third-order valence-corrected chi connectivity index (χ3v) is 6.66. The number of hydrogen-bond acceptors (Lipinski definition) is 8. The van der Waals surface area contributed by atoms with Crippen LogP contribution in [0.3, 0.4) is 0 Å². The number of benzene rings is 2. The highest BCUT2D eigenvalue weighted by Crippen LogP contribution is 2.29. The molecule has 1 saturated heterocycles. The Labute approximate surface area is 175 Å². The number of nitrogens with one attached hydrogen (secondary N) is 2. The third kappa shape index (κ3) is 3.82. The van der Waals surface area contributed by atoms with Crippen LogP contribution in [0.4, 0.5) is 0 Å². The average molecular weight is 441 g/mol. The molecule has 0 radical (unpaired) electrons. The Kier molecular flexibility index (Phi) is 4.57. The zero-order valence-electron chi connectivity index (χ0n) is 15.4. The monoisotopic (exact) mass is 441 g/mol. The lowest BCUT2D eigenvalue weighted by Gasteiger charge is -2.00. The van der Waals surface area contributed by atoms with Crippen LogP contribution in [-0.4, -0.2) is 35.5 Å². The van der Waals surface area contributed by atoms with E-state index >= 15 is 0 Å². The molecular formula is C19H15N5O4S2. The number of hydrogen-bond donors (Lipinski definition) is 2. The zero-order valence-corrected chi connectivity index (χ0v) is 17.0. The molecule has 9 nitrogen and oxygen atoms in total. The van der Waals surface area contributed by atoms with E-state index in [0.29, 0.717) is 12.3 Å². The van der Waals surface area contributed by atoms with Gasteiger partial charge in [-0.2, -0.15) is 13.1 Å². The summed E-state index contributed by atoms with van der Waals surface area (Å²) >= 11 is 1.55. The van der Waals surface area contributed by atoms with E-state index in [4.69, 9.17) is 4.42 Å². The number of carbonyl (C=O) groups is 1. The van der Waals surface area contributed by atoms with Gasteiger partial charge in [-0.05, 0) is 23.3 Å². The van der Waals surface area contributed by atoms with E-state index in [-0.39, 0.29) is 12.3 Å². The van der Waals surface area contributed by atoms with Crippen LogP contribution >= 0.6 is 11.3 Å². The number of thiazole rings is 1. The molecule has 11 heteroatoms. The molecule has 1 aliphatic heterocycles. The molecule has 0 aliphatic carbocycles. The highest BCUT2D eigenvalue weighted by Gasteiger charge is 2.35. The summed E-state index contributed by atoms with van der Waals surface area (Å²) in [6.45, 7) is 0. The maximum Gasteiger partial charge on any atom is 0.302 e. The van der Waals surface area contributed by atoms with E-state index in [0.717, 1.165) is 26.4 Å². The minimum Gasteiger partial charge on any atom is -0.425 e. The van der Waals surface area contributed by atoms with Crippen molar-refractivity contribution in [1.82, 2.24) is 24.6 Å². The summed E-state index contributed by atoms with van der Waals surface area (Å²) in [6, 6.07) is 15.3. The van der Waals surface area contributed by atoms with Gasteiger partial charge in [0.25, 0.3) is 5.91 Å². The summed E-state index contributed by atoms with van der Waals surface area (Å²) < 4.78 is 33.4. The molecule has 0 spiro atoms. The number of nitrogens with zero attached hydrogens (tertiary/aromatic N) is 3. The zero-order chi connectivity index (χ0) is 20.7. The predicted octanol–water partition coefficient (Wildman–Crippen LogP) is 1.81. The molecular weight excluding hydrogens is 426 g/mol. The second-order valence-electron chi connectivity index (χ2n) is 6.77. The number of rotatable bonds is 5. The van der Waals surface area contributed by atoms with Crippen LogP contribution in [0.15, 0.2) is 52.9 Å². The molecule has 4 aromatic rings. The van der Waals surface area contributed by atoms with Gasteiger partial charge in [-0.1, -0.05) is 36.4 Å². The molecule has 3 heterocycles. The van der Waals surface area contributed by atoms with Crippen LogP contribution in [0.1, 0.15) is 16.8 Å².